The Balaban J connectivity index is 1.92. The van der Waals surface area contributed by atoms with Gasteiger partial charge in [0.1, 0.15) is 5.75 Å². The molecule has 0 atom stereocenters. The molecule has 0 heterocycles. The number of ether oxygens (including phenoxy) is 1. The summed E-state index contributed by atoms with van der Waals surface area (Å²) in [5, 5.41) is 6.11. The highest BCUT2D eigenvalue weighted by Gasteiger charge is 2.08. The molecular formula is C18H21ClN2O2. The maximum atomic E-state index is 11.9. The smallest absolute Gasteiger partial charge is 0.321 e. The number of halogens is 1. The van der Waals surface area contributed by atoms with Crippen molar-refractivity contribution in [3.63, 3.8) is 0 Å². The van der Waals surface area contributed by atoms with Crippen LogP contribution in [0.2, 0.25) is 5.02 Å². The fourth-order valence-electron chi connectivity index (χ4n) is 2.26. The number of carbonyl (C=O) groups excluding carboxylic acids is 1. The van der Waals surface area contributed by atoms with Crippen molar-refractivity contribution in [1.29, 1.82) is 0 Å². The lowest BCUT2D eigenvalue weighted by atomic mass is 10.1. The first-order valence-corrected chi connectivity index (χ1v) is 7.77. The first-order valence-electron chi connectivity index (χ1n) is 7.39. The minimum absolute atomic E-state index is 0.101. The van der Waals surface area contributed by atoms with E-state index in [9.17, 15) is 4.79 Å². The van der Waals surface area contributed by atoms with Gasteiger partial charge in [-0.15, -0.1) is 0 Å². The Morgan fingerprint density at radius 2 is 1.74 bits per heavy atom. The van der Waals surface area contributed by atoms with Crippen molar-refractivity contribution in [2.24, 2.45) is 0 Å². The maximum absolute atomic E-state index is 11.9. The molecule has 2 aromatic carbocycles. The lowest BCUT2D eigenvalue weighted by Crippen LogP contribution is -2.32. The quantitative estimate of drug-likeness (QED) is 0.795. The Hall–Kier alpha value is -2.20. The number of hydrogen-bond acceptors (Lipinski definition) is 2. The minimum atomic E-state index is -0.321. The van der Waals surface area contributed by atoms with Crippen LogP contribution in [0, 0.1) is 27.7 Å². The molecule has 0 saturated carbocycles. The highest BCUT2D eigenvalue weighted by atomic mass is 35.5. The van der Waals surface area contributed by atoms with E-state index in [0.717, 1.165) is 33.7 Å². The molecule has 0 radical (unpaired) electrons. The molecule has 0 aliphatic heterocycles. The van der Waals surface area contributed by atoms with Crippen molar-refractivity contribution >= 4 is 23.3 Å². The van der Waals surface area contributed by atoms with E-state index in [4.69, 9.17) is 16.3 Å². The Labute approximate surface area is 141 Å². The van der Waals surface area contributed by atoms with Crippen LogP contribution >= 0.6 is 11.6 Å². The lowest BCUT2D eigenvalue weighted by Gasteiger charge is -2.15. The number of urea groups is 1. The predicted octanol–water partition coefficient (Wildman–Crippen LogP) is 4.73. The second-order valence-electron chi connectivity index (χ2n) is 5.53. The lowest BCUT2D eigenvalue weighted by molar-refractivity contribution is 0.234. The van der Waals surface area contributed by atoms with Gasteiger partial charge in [-0.2, -0.15) is 0 Å². The van der Waals surface area contributed by atoms with Gasteiger partial charge < -0.3 is 15.4 Å². The van der Waals surface area contributed by atoms with Gasteiger partial charge in [-0.25, -0.2) is 4.79 Å². The van der Waals surface area contributed by atoms with E-state index in [1.165, 1.54) is 0 Å². The summed E-state index contributed by atoms with van der Waals surface area (Å²) in [5.41, 5.74) is 4.91. The highest BCUT2D eigenvalue weighted by Crippen LogP contribution is 2.25. The standard InChI is InChI=1S/C18H21ClN2O2/c1-11-5-6-12(2)17(14(11)4)23-10-20-18(22)21-16-8-7-15(19)9-13(16)3/h5-9H,10H2,1-4H3,(H2,20,21,22). The Kier molecular flexibility index (Phi) is 5.50. The molecular weight excluding hydrogens is 312 g/mol. The van der Waals surface area contributed by atoms with E-state index < -0.39 is 0 Å². The Morgan fingerprint density at radius 3 is 2.43 bits per heavy atom. The molecule has 4 nitrogen and oxygen atoms in total. The normalized spacial score (nSPS) is 10.3. The molecule has 0 aliphatic rings. The molecule has 0 spiro atoms. The van der Waals surface area contributed by atoms with Crippen LogP contribution in [0.5, 0.6) is 5.75 Å². The number of aryl methyl sites for hydroxylation is 3. The van der Waals surface area contributed by atoms with Crippen LogP contribution in [0.15, 0.2) is 30.3 Å². The third-order valence-corrected chi connectivity index (χ3v) is 3.99. The molecule has 2 rings (SSSR count). The average molecular weight is 333 g/mol. The van der Waals surface area contributed by atoms with Gasteiger partial charge in [0, 0.05) is 10.7 Å². The first-order chi connectivity index (χ1) is 10.9. The summed E-state index contributed by atoms with van der Waals surface area (Å²) in [6, 6.07) is 9.05. The van der Waals surface area contributed by atoms with Crippen LogP contribution in [0.25, 0.3) is 0 Å². The van der Waals surface area contributed by atoms with E-state index in [-0.39, 0.29) is 12.8 Å². The van der Waals surface area contributed by atoms with Gasteiger partial charge in [0.05, 0.1) is 0 Å². The topological polar surface area (TPSA) is 50.4 Å². The molecule has 23 heavy (non-hydrogen) atoms. The number of rotatable bonds is 4. The molecule has 0 saturated heterocycles. The summed E-state index contributed by atoms with van der Waals surface area (Å²) in [6.07, 6.45) is 0. The summed E-state index contributed by atoms with van der Waals surface area (Å²) in [6.45, 7) is 8.01. The third kappa shape index (κ3) is 4.39. The van der Waals surface area contributed by atoms with Crippen LogP contribution in [-0.4, -0.2) is 12.8 Å². The first kappa shape index (κ1) is 17.2. The molecule has 0 aromatic heterocycles. The highest BCUT2D eigenvalue weighted by molar-refractivity contribution is 6.30. The largest absolute Gasteiger partial charge is 0.473 e. The van der Waals surface area contributed by atoms with Crippen LogP contribution in [-0.2, 0) is 0 Å². The van der Waals surface area contributed by atoms with E-state index >= 15 is 0 Å². The molecule has 122 valence electrons. The summed E-state index contributed by atoms with van der Waals surface area (Å²) in [4.78, 5) is 11.9. The SMILES string of the molecule is Cc1cc(Cl)ccc1NC(=O)NCOc1c(C)ccc(C)c1C. The number of anilines is 1. The van der Waals surface area contributed by atoms with Crippen molar-refractivity contribution in [2.45, 2.75) is 27.7 Å². The number of amides is 2. The molecule has 0 unspecified atom stereocenters. The second-order valence-corrected chi connectivity index (χ2v) is 5.97. The maximum Gasteiger partial charge on any atom is 0.321 e. The van der Waals surface area contributed by atoms with E-state index in [1.807, 2.05) is 33.8 Å². The van der Waals surface area contributed by atoms with Crippen molar-refractivity contribution in [1.82, 2.24) is 5.32 Å². The summed E-state index contributed by atoms with van der Waals surface area (Å²) in [7, 11) is 0. The number of hydrogen-bond donors (Lipinski definition) is 2. The number of nitrogens with one attached hydrogen (secondary N) is 2. The predicted molar refractivity (Wildman–Crippen MR) is 94.5 cm³/mol. The summed E-state index contributed by atoms with van der Waals surface area (Å²) >= 11 is 5.90. The minimum Gasteiger partial charge on any atom is -0.473 e. The van der Waals surface area contributed by atoms with Gasteiger partial charge in [-0.1, -0.05) is 23.7 Å². The average Bonchev–Trinajstić information content (AvgIpc) is 2.49. The number of benzene rings is 2. The van der Waals surface area contributed by atoms with Gasteiger partial charge in [-0.05, 0) is 68.1 Å². The van der Waals surface area contributed by atoms with E-state index in [1.54, 1.807) is 18.2 Å². The molecule has 0 aliphatic carbocycles. The monoisotopic (exact) mass is 332 g/mol. The van der Waals surface area contributed by atoms with Crippen LogP contribution in [0.1, 0.15) is 22.3 Å². The van der Waals surface area contributed by atoms with Crippen molar-refractivity contribution in [2.75, 3.05) is 12.0 Å². The van der Waals surface area contributed by atoms with Crippen molar-refractivity contribution in [3.8, 4) is 5.75 Å². The van der Waals surface area contributed by atoms with Gasteiger partial charge in [0.2, 0.25) is 0 Å². The van der Waals surface area contributed by atoms with Crippen LogP contribution in [0.4, 0.5) is 10.5 Å². The van der Waals surface area contributed by atoms with Crippen LogP contribution in [0.3, 0.4) is 0 Å². The Morgan fingerprint density at radius 1 is 1.04 bits per heavy atom. The van der Waals surface area contributed by atoms with Gasteiger partial charge >= 0.3 is 6.03 Å². The number of carbonyl (C=O) groups is 1. The van der Waals surface area contributed by atoms with Gasteiger partial charge in [0.25, 0.3) is 0 Å². The summed E-state index contributed by atoms with van der Waals surface area (Å²) < 4.78 is 5.71. The zero-order chi connectivity index (χ0) is 17.0. The molecule has 2 aromatic rings. The second kappa shape index (κ2) is 7.38. The van der Waals surface area contributed by atoms with E-state index in [2.05, 4.69) is 16.7 Å². The van der Waals surface area contributed by atoms with Crippen LogP contribution < -0.4 is 15.4 Å². The third-order valence-electron chi connectivity index (χ3n) is 3.76. The summed E-state index contributed by atoms with van der Waals surface area (Å²) in [5.74, 6) is 0.813. The zero-order valence-electron chi connectivity index (χ0n) is 13.8. The molecule has 2 N–H and O–H groups in total. The Bertz CT molecular complexity index is 729. The van der Waals surface area contributed by atoms with Gasteiger partial charge in [-0.3, -0.25) is 0 Å². The molecule has 2 amide bonds. The fourth-order valence-corrected chi connectivity index (χ4v) is 2.48. The molecule has 0 fully saturated rings. The fraction of sp³-hybridized carbons (Fsp3) is 0.278. The van der Waals surface area contributed by atoms with Gasteiger partial charge in [0.15, 0.2) is 6.73 Å². The van der Waals surface area contributed by atoms with Crippen molar-refractivity contribution in [3.05, 3.63) is 57.6 Å². The molecule has 0 bridgehead atoms. The molecule has 5 heteroatoms. The van der Waals surface area contributed by atoms with E-state index in [0.29, 0.717) is 5.02 Å². The van der Waals surface area contributed by atoms with Crippen molar-refractivity contribution < 1.29 is 9.53 Å². The zero-order valence-corrected chi connectivity index (χ0v) is 14.5.